The van der Waals surface area contributed by atoms with Gasteiger partial charge in [-0.15, -0.1) is 0 Å². The lowest BCUT2D eigenvalue weighted by molar-refractivity contribution is -0.137. The molecular weight excluding hydrogens is 438 g/mol. The van der Waals surface area contributed by atoms with Gasteiger partial charge in [0, 0.05) is 10.6 Å². The molecule has 2 amide bonds. The minimum Gasteiger partial charge on any atom is -0.495 e. The van der Waals surface area contributed by atoms with E-state index in [-0.39, 0.29) is 23.4 Å². The van der Waals surface area contributed by atoms with Crippen molar-refractivity contribution in [2.24, 2.45) is 0 Å². The van der Waals surface area contributed by atoms with E-state index in [1.807, 2.05) is 0 Å². The molecule has 4 rings (SSSR count). The van der Waals surface area contributed by atoms with Crippen molar-refractivity contribution < 1.29 is 23.1 Å². The molecule has 0 unspecified atom stereocenters. The third kappa shape index (κ3) is 4.07. The van der Waals surface area contributed by atoms with Crippen LogP contribution in [0.1, 0.15) is 11.1 Å². The molecule has 32 heavy (non-hydrogen) atoms. The zero-order valence-electron chi connectivity index (χ0n) is 16.9. The monoisotopic (exact) mass is 454 g/mol. The van der Waals surface area contributed by atoms with Crippen LogP contribution in [0.25, 0.3) is 5.57 Å². The lowest BCUT2D eigenvalue weighted by atomic mass is 10.0. The van der Waals surface area contributed by atoms with Crippen molar-refractivity contribution in [2.75, 3.05) is 12.4 Å². The van der Waals surface area contributed by atoms with Crippen LogP contribution in [-0.4, -0.2) is 23.8 Å². The fraction of sp³-hybridized carbons (Fsp3) is 0.0833. The number of ether oxygens (including phenoxy) is 1. The number of carbonyl (C=O) groups excluding carboxylic acids is 2. The van der Waals surface area contributed by atoms with E-state index in [0.717, 1.165) is 4.90 Å². The average molecular weight is 455 g/mol. The predicted molar refractivity (Wildman–Crippen MR) is 117 cm³/mol. The molecule has 1 aliphatic heterocycles. The van der Waals surface area contributed by atoms with E-state index in [2.05, 4.69) is 5.32 Å². The summed E-state index contributed by atoms with van der Waals surface area (Å²) in [6, 6.07) is 15.9. The standard InChI is InChI=1S/C24H17ClF2N2O3/c1-32-20-11-8-16(25)12-19(20)28-22-21(14-6-9-17(26)10-7-14)23(30)29(24(22)31)13-15-4-2-3-5-18(15)27/h2-12,28H,13H2,1H3. The number of hydrogen-bond acceptors (Lipinski definition) is 4. The number of methoxy groups -OCH3 is 1. The van der Waals surface area contributed by atoms with Crippen molar-refractivity contribution in [1.82, 2.24) is 4.90 Å². The molecule has 1 aliphatic rings. The van der Waals surface area contributed by atoms with Gasteiger partial charge >= 0.3 is 0 Å². The Labute approximate surface area is 187 Å². The molecule has 0 aromatic heterocycles. The highest BCUT2D eigenvalue weighted by atomic mass is 35.5. The number of nitrogens with one attached hydrogen (secondary N) is 1. The molecule has 0 radical (unpaired) electrons. The predicted octanol–water partition coefficient (Wildman–Crippen LogP) is 5.02. The second-order valence-corrected chi connectivity index (χ2v) is 7.45. The zero-order valence-corrected chi connectivity index (χ0v) is 17.6. The summed E-state index contributed by atoms with van der Waals surface area (Å²) in [6.07, 6.45) is 0. The number of halogens is 3. The van der Waals surface area contributed by atoms with Crippen LogP contribution in [0.15, 0.2) is 72.4 Å². The van der Waals surface area contributed by atoms with E-state index < -0.39 is 23.4 Å². The van der Waals surface area contributed by atoms with Gasteiger partial charge in [0.15, 0.2) is 0 Å². The summed E-state index contributed by atoms with van der Waals surface area (Å²) in [5.41, 5.74) is 0.883. The lowest BCUT2D eigenvalue weighted by Gasteiger charge is -2.16. The first-order valence-electron chi connectivity index (χ1n) is 9.59. The molecule has 3 aromatic rings. The van der Waals surface area contributed by atoms with Gasteiger partial charge < -0.3 is 10.1 Å². The summed E-state index contributed by atoms with van der Waals surface area (Å²) in [7, 11) is 1.45. The number of nitrogens with zero attached hydrogens (tertiary/aromatic N) is 1. The van der Waals surface area contributed by atoms with Crippen molar-refractivity contribution in [3.05, 3.63) is 100 Å². The minimum absolute atomic E-state index is 0.0355. The fourth-order valence-corrected chi connectivity index (χ4v) is 3.60. The van der Waals surface area contributed by atoms with E-state index in [0.29, 0.717) is 22.0 Å². The molecule has 1 N–H and O–H groups in total. The van der Waals surface area contributed by atoms with Crippen LogP contribution in [-0.2, 0) is 16.1 Å². The van der Waals surface area contributed by atoms with Crippen molar-refractivity contribution in [3.63, 3.8) is 0 Å². The highest BCUT2D eigenvalue weighted by Crippen LogP contribution is 2.35. The molecular formula is C24H17ClF2N2O3. The number of anilines is 1. The second kappa shape index (κ2) is 8.80. The quantitative estimate of drug-likeness (QED) is 0.531. The maximum absolute atomic E-state index is 14.2. The van der Waals surface area contributed by atoms with Crippen LogP contribution in [0.3, 0.4) is 0 Å². The van der Waals surface area contributed by atoms with Crippen LogP contribution in [0.2, 0.25) is 5.02 Å². The van der Waals surface area contributed by atoms with Gasteiger partial charge in [0.25, 0.3) is 11.8 Å². The van der Waals surface area contributed by atoms with E-state index in [1.165, 1.54) is 49.6 Å². The van der Waals surface area contributed by atoms with E-state index in [1.54, 1.807) is 24.3 Å². The highest BCUT2D eigenvalue weighted by Gasteiger charge is 2.39. The van der Waals surface area contributed by atoms with Crippen molar-refractivity contribution in [3.8, 4) is 5.75 Å². The molecule has 8 heteroatoms. The Morgan fingerprint density at radius 2 is 1.69 bits per heavy atom. The normalized spacial score (nSPS) is 13.7. The molecule has 162 valence electrons. The third-order valence-electron chi connectivity index (χ3n) is 5.01. The Hall–Kier alpha value is -3.71. The number of rotatable bonds is 6. The molecule has 0 aliphatic carbocycles. The molecule has 0 saturated carbocycles. The van der Waals surface area contributed by atoms with Gasteiger partial charge in [-0.1, -0.05) is 41.9 Å². The summed E-state index contributed by atoms with van der Waals surface area (Å²) in [4.78, 5) is 27.5. The molecule has 0 spiro atoms. The third-order valence-corrected chi connectivity index (χ3v) is 5.24. The van der Waals surface area contributed by atoms with Gasteiger partial charge in [0.1, 0.15) is 23.1 Å². The van der Waals surface area contributed by atoms with Crippen LogP contribution in [0.4, 0.5) is 14.5 Å². The van der Waals surface area contributed by atoms with Gasteiger partial charge in [0.2, 0.25) is 0 Å². The fourth-order valence-electron chi connectivity index (χ4n) is 3.43. The Kier molecular flexibility index (Phi) is 5.92. The maximum atomic E-state index is 14.2. The summed E-state index contributed by atoms with van der Waals surface area (Å²) in [5, 5.41) is 3.33. The molecule has 1 heterocycles. The number of imide groups is 1. The molecule has 0 bridgehead atoms. The van der Waals surface area contributed by atoms with Gasteiger partial charge in [-0.05, 0) is 42.0 Å². The topological polar surface area (TPSA) is 58.6 Å². The second-order valence-electron chi connectivity index (χ2n) is 7.01. The van der Waals surface area contributed by atoms with Gasteiger partial charge in [-0.25, -0.2) is 8.78 Å². The van der Waals surface area contributed by atoms with Crippen LogP contribution in [0.5, 0.6) is 5.75 Å². The van der Waals surface area contributed by atoms with Crippen LogP contribution in [0, 0.1) is 11.6 Å². The molecule has 0 atom stereocenters. The summed E-state index contributed by atoms with van der Waals surface area (Å²) in [6.45, 7) is -0.257. The first kappa shape index (κ1) is 21.5. The Balaban J connectivity index is 1.79. The number of hydrogen-bond donors (Lipinski definition) is 1. The van der Waals surface area contributed by atoms with Gasteiger partial charge in [-0.2, -0.15) is 0 Å². The SMILES string of the molecule is COc1ccc(Cl)cc1NC1=C(c2ccc(F)cc2)C(=O)N(Cc2ccccc2F)C1=O. The summed E-state index contributed by atoms with van der Waals surface area (Å²) in [5.74, 6) is -1.91. The number of carbonyl (C=O) groups is 2. The first-order chi connectivity index (χ1) is 15.4. The van der Waals surface area contributed by atoms with Gasteiger partial charge in [0.05, 0.1) is 24.9 Å². The summed E-state index contributed by atoms with van der Waals surface area (Å²) >= 11 is 6.09. The Morgan fingerprint density at radius 1 is 0.969 bits per heavy atom. The van der Waals surface area contributed by atoms with E-state index in [9.17, 15) is 18.4 Å². The number of benzene rings is 3. The number of amides is 2. The minimum atomic E-state index is -0.653. The zero-order chi connectivity index (χ0) is 22.8. The average Bonchev–Trinajstić information content (AvgIpc) is 3.00. The Bertz CT molecular complexity index is 1240. The van der Waals surface area contributed by atoms with Crippen LogP contribution < -0.4 is 10.1 Å². The van der Waals surface area contributed by atoms with Gasteiger partial charge in [-0.3, -0.25) is 14.5 Å². The largest absolute Gasteiger partial charge is 0.495 e. The lowest BCUT2D eigenvalue weighted by Crippen LogP contribution is -2.32. The molecule has 5 nitrogen and oxygen atoms in total. The molecule has 3 aromatic carbocycles. The summed E-state index contributed by atoms with van der Waals surface area (Å²) < 4.78 is 33.0. The Morgan fingerprint density at radius 3 is 2.38 bits per heavy atom. The smallest absolute Gasteiger partial charge is 0.278 e. The molecule has 0 fully saturated rings. The maximum Gasteiger partial charge on any atom is 0.278 e. The molecule has 0 saturated heterocycles. The van der Waals surface area contributed by atoms with Crippen molar-refractivity contribution in [2.45, 2.75) is 6.54 Å². The van der Waals surface area contributed by atoms with Crippen LogP contribution >= 0.6 is 11.6 Å². The van der Waals surface area contributed by atoms with Crippen molar-refractivity contribution in [1.29, 1.82) is 0 Å². The highest BCUT2D eigenvalue weighted by molar-refractivity contribution is 6.36. The van der Waals surface area contributed by atoms with E-state index >= 15 is 0 Å². The van der Waals surface area contributed by atoms with Crippen molar-refractivity contribution >= 4 is 34.7 Å². The van der Waals surface area contributed by atoms with E-state index in [4.69, 9.17) is 16.3 Å². The first-order valence-corrected chi connectivity index (χ1v) is 9.97.